The molecule has 0 radical (unpaired) electrons. The van der Waals surface area contributed by atoms with Crippen LogP contribution in [0.5, 0.6) is 0 Å². The van der Waals surface area contributed by atoms with Crippen molar-refractivity contribution in [1.82, 2.24) is 14.1 Å². The summed E-state index contributed by atoms with van der Waals surface area (Å²) in [5, 5.41) is 4.66. The van der Waals surface area contributed by atoms with E-state index in [-0.39, 0.29) is 26.5 Å². The molecule has 0 atom stereocenters. The number of hydrogen-bond donors (Lipinski definition) is 0. The zero-order valence-corrected chi connectivity index (χ0v) is 34.0. The molecule has 6 aromatic carbocycles. The van der Waals surface area contributed by atoms with E-state index in [0.717, 1.165) is 61.4 Å². The minimum absolute atomic E-state index is 0. The Labute approximate surface area is 336 Å². The number of para-hydroxylation sites is 4. The minimum Gasteiger partial charge on any atom is -0.493 e. The second-order valence-corrected chi connectivity index (χ2v) is 15.7. The SMILES string of the molecule is Cc1cc(C)c(N2[CH-]N(c3[c-]c4c(cc3)c3ccccc3n4-c3[c-]c4c(cc3)c3ccccc3n4-c3cc(C(C)(C)C)ccn3)c3ccccc32)c(C)c1.[Pt]. The maximum atomic E-state index is 4.92. The number of aryl methyl sites for hydroxylation is 3. The number of pyridine rings is 1. The average Bonchev–Trinajstić information content (AvgIpc) is 3.82. The van der Waals surface area contributed by atoms with Gasteiger partial charge in [0.05, 0.1) is 0 Å². The van der Waals surface area contributed by atoms with Crippen LogP contribution in [0.3, 0.4) is 0 Å². The van der Waals surface area contributed by atoms with Crippen LogP contribution in [0.1, 0.15) is 43.0 Å². The van der Waals surface area contributed by atoms with Crippen molar-refractivity contribution in [2.75, 3.05) is 9.80 Å². The van der Waals surface area contributed by atoms with Gasteiger partial charge in [-0.1, -0.05) is 104 Å². The molecule has 1 aliphatic heterocycles. The van der Waals surface area contributed by atoms with E-state index in [1.807, 2.05) is 6.20 Å². The van der Waals surface area contributed by atoms with E-state index in [2.05, 4.69) is 201 Å². The molecular weight excluding hydrogens is 854 g/mol. The van der Waals surface area contributed by atoms with Crippen molar-refractivity contribution in [3.05, 3.63) is 169 Å². The fourth-order valence-electron chi connectivity index (χ4n) is 8.56. The molecule has 0 saturated heterocycles. The van der Waals surface area contributed by atoms with E-state index in [0.29, 0.717) is 0 Å². The summed E-state index contributed by atoms with van der Waals surface area (Å²) in [6, 6.07) is 51.5. The van der Waals surface area contributed by atoms with Crippen molar-refractivity contribution in [2.24, 2.45) is 0 Å². The number of aromatic nitrogens is 3. The molecule has 6 heteroatoms. The Kier molecular flexibility index (Phi) is 8.29. The first-order chi connectivity index (χ1) is 26.2. The van der Waals surface area contributed by atoms with E-state index in [4.69, 9.17) is 4.98 Å². The minimum atomic E-state index is -0.00997. The molecule has 0 fully saturated rings. The van der Waals surface area contributed by atoms with Gasteiger partial charge in [0, 0.05) is 55.4 Å². The van der Waals surface area contributed by atoms with Crippen LogP contribution in [-0.4, -0.2) is 14.1 Å². The van der Waals surface area contributed by atoms with E-state index in [9.17, 15) is 0 Å². The number of hydrogen-bond acceptors (Lipinski definition) is 3. The average molecular weight is 894 g/mol. The predicted molar refractivity (Wildman–Crippen MR) is 225 cm³/mol. The molecule has 3 aromatic heterocycles. The van der Waals surface area contributed by atoms with Gasteiger partial charge < -0.3 is 18.9 Å². The van der Waals surface area contributed by atoms with Crippen LogP contribution in [0, 0.1) is 39.6 Å². The van der Waals surface area contributed by atoms with E-state index in [1.54, 1.807) is 0 Å². The van der Waals surface area contributed by atoms with Gasteiger partial charge in [0.25, 0.3) is 0 Å². The van der Waals surface area contributed by atoms with Crippen LogP contribution < -0.4 is 9.80 Å². The number of benzene rings is 6. The number of rotatable bonds is 4. The first-order valence-corrected chi connectivity index (χ1v) is 18.6. The summed E-state index contributed by atoms with van der Waals surface area (Å²) < 4.78 is 4.59. The molecule has 0 unspecified atom stereocenters. The van der Waals surface area contributed by atoms with Gasteiger partial charge in [0.1, 0.15) is 5.82 Å². The van der Waals surface area contributed by atoms with Gasteiger partial charge in [0.15, 0.2) is 0 Å². The first kappa shape index (κ1) is 35.1. The Morgan fingerprint density at radius 1 is 0.564 bits per heavy atom. The first-order valence-electron chi connectivity index (χ1n) is 18.6. The Balaban J connectivity index is 0.00000397. The Morgan fingerprint density at radius 3 is 1.76 bits per heavy atom. The molecule has 9 aromatic rings. The molecule has 0 aliphatic carbocycles. The summed E-state index contributed by atoms with van der Waals surface area (Å²) >= 11 is 0. The summed E-state index contributed by atoms with van der Waals surface area (Å²) in [7, 11) is 0. The third-order valence-electron chi connectivity index (χ3n) is 11.0. The molecule has 5 nitrogen and oxygen atoms in total. The van der Waals surface area contributed by atoms with Gasteiger partial charge in [-0.2, -0.15) is 12.1 Å². The van der Waals surface area contributed by atoms with Crippen molar-refractivity contribution in [2.45, 2.75) is 47.0 Å². The van der Waals surface area contributed by atoms with E-state index in [1.165, 1.54) is 38.7 Å². The van der Waals surface area contributed by atoms with Crippen LogP contribution >= 0.6 is 0 Å². The molecule has 4 heterocycles. The number of anilines is 4. The molecule has 10 rings (SSSR count). The Hall–Kier alpha value is -5.64. The second-order valence-electron chi connectivity index (χ2n) is 15.7. The summed E-state index contributed by atoms with van der Waals surface area (Å²) in [5.74, 6) is 0.893. The summed E-state index contributed by atoms with van der Waals surface area (Å²) in [6.45, 7) is 15.5. The zero-order chi connectivity index (χ0) is 36.9. The van der Waals surface area contributed by atoms with Crippen LogP contribution in [0.25, 0.3) is 55.1 Å². The van der Waals surface area contributed by atoms with E-state index < -0.39 is 0 Å². The summed E-state index contributed by atoms with van der Waals surface area (Å²) in [5.41, 5.74) is 14.7. The van der Waals surface area contributed by atoms with Gasteiger partial charge in [0.2, 0.25) is 0 Å². The summed E-state index contributed by atoms with van der Waals surface area (Å²) in [4.78, 5) is 9.52. The normalized spacial score (nSPS) is 13.0. The molecule has 0 N–H and O–H groups in total. The maximum Gasteiger partial charge on any atom is 0.135 e. The third kappa shape index (κ3) is 5.51. The Morgan fingerprint density at radius 2 is 1.11 bits per heavy atom. The fraction of sp³-hybridized carbons (Fsp3) is 0.143. The van der Waals surface area contributed by atoms with Crippen molar-refractivity contribution in [3.8, 4) is 11.5 Å². The Bertz CT molecular complexity index is 2940. The molecule has 274 valence electrons. The van der Waals surface area contributed by atoms with Crippen LogP contribution in [0.15, 0.2) is 128 Å². The van der Waals surface area contributed by atoms with Gasteiger partial charge in [-0.25, -0.2) is 4.98 Å². The fourth-order valence-corrected chi connectivity index (χ4v) is 8.56. The molecule has 55 heavy (non-hydrogen) atoms. The van der Waals surface area contributed by atoms with Crippen LogP contribution in [0.4, 0.5) is 22.7 Å². The van der Waals surface area contributed by atoms with Crippen molar-refractivity contribution in [3.63, 3.8) is 0 Å². The third-order valence-corrected chi connectivity index (χ3v) is 11.0. The molecular formula is C49H40N5Pt-3. The van der Waals surface area contributed by atoms with Gasteiger partial charge in [-0.3, -0.25) is 0 Å². The molecule has 0 amide bonds. The van der Waals surface area contributed by atoms with Gasteiger partial charge in [-0.05, 0) is 90.0 Å². The predicted octanol–water partition coefficient (Wildman–Crippen LogP) is 12.5. The van der Waals surface area contributed by atoms with Crippen molar-refractivity contribution < 1.29 is 21.1 Å². The zero-order valence-electron chi connectivity index (χ0n) is 31.8. The quantitative estimate of drug-likeness (QED) is 0.165. The molecule has 0 saturated carbocycles. The topological polar surface area (TPSA) is 29.2 Å². The van der Waals surface area contributed by atoms with Crippen molar-refractivity contribution in [1.29, 1.82) is 0 Å². The second kappa shape index (κ2) is 13.0. The maximum absolute atomic E-state index is 4.92. The number of fused-ring (bicyclic) bond motifs is 7. The van der Waals surface area contributed by atoms with Gasteiger partial charge >= 0.3 is 0 Å². The monoisotopic (exact) mass is 893 g/mol. The largest absolute Gasteiger partial charge is 0.493 e. The smallest absolute Gasteiger partial charge is 0.135 e. The van der Waals surface area contributed by atoms with Gasteiger partial charge in [-0.15, -0.1) is 47.4 Å². The van der Waals surface area contributed by atoms with E-state index >= 15 is 0 Å². The standard InChI is InChI=1S/C49H40N5.Pt/c1-31-25-32(2)48(33(3)26-31)52-30-51(43-17-11-12-18-44(43)52)35-19-21-39-37-13-7-9-15-41(37)53(45(39)28-35)36-20-22-40-38-14-8-10-16-42(38)54(46(40)29-36)47-27-34(23-24-50-47)49(4,5)6;/h7-27,30H,1-6H3;/q-3;. The number of nitrogens with zero attached hydrogens (tertiary/aromatic N) is 5. The van der Waals surface area contributed by atoms with Crippen LogP contribution in [0.2, 0.25) is 0 Å². The molecule has 0 spiro atoms. The summed E-state index contributed by atoms with van der Waals surface area (Å²) in [6.07, 6.45) is 1.93. The molecule has 1 aliphatic rings. The molecule has 0 bridgehead atoms. The van der Waals surface area contributed by atoms with Crippen molar-refractivity contribution >= 4 is 66.4 Å². The van der Waals surface area contributed by atoms with Crippen LogP contribution in [-0.2, 0) is 26.5 Å².